The van der Waals surface area contributed by atoms with Crippen LogP contribution in [0.4, 0.5) is 0 Å². The van der Waals surface area contributed by atoms with Gasteiger partial charge in [0.2, 0.25) is 15.9 Å². The molecule has 2 heterocycles. The largest absolute Gasteiger partial charge is 0.343 e. The molecule has 0 saturated carbocycles. The fourth-order valence-corrected chi connectivity index (χ4v) is 4.24. The van der Waals surface area contributed by atoms with E-state index in [1.807, 2.05) is 23.9 Å². The van der Waals surface area contributed by atoms with Crippen LogP contribution in [0.2, 0.25) is 0 Å². The molecular formula is C17H23N5O3S. The van der Waals surface area contributed by atoms with Gasteiger partial charge < -0.3 is 4.90 Å². The van der Waals surface area contributed by atoms with E-state index in [0.29, 0.717) is 13.1 Å². The van der Waals surface area contributed by atoms with Gasteiger partial charge in [-0.05, 0) is 37.5 Å². The minimum absolute atomic E-state index is 0.0333. The van der Waals surface area contributed by atoms with Crippen LogP contribution in [0.3, 0.4) is 0 Å². The standard InChI is InChI=1S/C17H23N5O3S/c1-14-3-2-4-16(13-14)26(24,25)19-8-5-17(23)21-10-6-15(7-11-21)22-12-9-18-20-22/h2-4,9,12-13,15,19H,5-8,10-11H2,1H3. The van der Waals surface area contributed by atoms with Crippen molar-refractivity contribution in [1.82, 2.24) is 24.6 Å². The number of nitrogens with zero attached hydrogens (tertiary/aromatic N) is 4. The van der Waals surface area contributed by atoms with Gasteiger partial charge >= 0.3 is 0 Å². The molecule has 3 rings (SSSR count). The Morgan fingerprint density at radius 3 is 2.73 bits per heavy atom. The molecule has 0 aliphatic carbocycles. The van der Waals surface area contributed by atoms with Crippen LogP contribution in [-0.4, -0.2) is 53.9 Å². The number of aryl methyl sites for hydroxylation is 1. The zero-order chi connectivity index (χ0) is 18.6. The Bertz CT molecular complexity index is 843. The lowest BCUT2D eigenvalue weighted by molar-refractivity contribution is -0.132. The summed E-state index contributed by atoms with van der Waals surface area (Å²) >= 11 is 0. The maximum absolute atomic E-state index is 12.3. The molecular weight excluding hydrogens is 354 g/mol. The summed E-state index contributed by atoms with van der Waals surface area (Å²) in [7, 11) is -3.59. The number of amides is 1. The van der Waals surface area contributed by atoms with Crippen molar-refractivity contribution in [1.29, 1.82) is 0 Å². The predicted molar refractivity (Wildman–Crippen MR) is 95.9 cm³/mol. The van der Waals surface area contributed by atoms with Crippen LogP contribution >= 0.6 is 0 Å². The molecule has 0 unspecified atom stereocenters. The molecule has 1 N–H and O–H groups in total. The van der Waals surface area contributed by atoms with Crippen molar-refractivity contribution in [2.45, 2.75) is 37.1 Å². The van der Waals surface area contributed by atoms with E-state index >= 15 is 0 Å². The summed E-state index contributed by atoms with van der Waals surface area (Å²) in [6, 6.07) is 6.96. The smallest absolute Gasteiger partial charge is 0.240 e. The van der Waals surface area contributed by atoms with Gasteiger partial charge in [-0.15, -0.1) is 5.10 Å². The normalized spacial score (nSPS) is 16.0. The molecule has 1 aromatic heterocycles. The third kappa shape index (κ3) is 4.47. The fourth-order valence-electron chi connectivity index (χ4n) is 3.11. The number of aromatic nitrogens is 3. The number of nitrogens with one attached hydrogen (secondary N) is 1. The van der Waals surface area contributed by atoms with Crippen molar-refractivity contribution in [2.75, 3.05) is 19.6 Å². The molecule has 0 atom stereocenters. The lowest BCUT2D eigenvalue weighted by atomic mass is 10.1. The molecule has 0 radical (unpaired) electrons. The van der Waals surface area contributed by atoms with Crippen molar-refractivity contribution in [3.63, 3.8) is 0 Å². The van der Waals surface area contributed by atoms with Crippen LogP contribution in [-0.2, 0) is 14.8 Å². The molecule has 8 nitrogen and oxygen atoms in total. The third-order valence-corrected chi connectivity index (χ3v) is 6.02. The molecule has 0 spiro atoms. The highest BCUT2D eigenvalue weighted by Crippen LogP contribution is 2.21. The van der Waals surface area contributed by atoms with Gasteiger partial charge in [-0.25, -0.2) is 17.8 Å². The van der Waals surface area contributed by atoms with Crippen molar-refractivity contribution in [2.24, 2.45) is 0 Å². The number of carbonyl (C=O) groups is 1. The Hall–Kier alpha value is -2.26. The van der Waals surface area contributed by atoms with E-state index in [-0.39, 0.29) is 29.8 Å². The second kappa shape index (κ2) is 7.96. The van der Waals surface area contributed by atoms with Crippen molar-refractivity contribution in [3.8, 4) is 0 Å². The fraction of sp³-hybridized carbons (Fsp3) is 0.471. The lowest BCUT2D eigenvalue weighted by Gasteiger charge is -2.31. The predicted octanol–water partition coefficient (Wildman–Crippen LogP) is 1.12. The zero-order valence-corrected chi connectivity index (χ0v) is 15.5. The monoisotopic (exact) mass is 377 g/mol. The molecule has 9 heteroatoms. The number of sulfonamides is 1. The highest BCUT2D eigenvalue weighted by atomic mass is 32.2. The molecule has 1 aliphatic heterocycles. The summed E-state index contributed by atoms with van der Waals surface area (Å²) in [5.74, 6) is -0.0333. The first-order chi connectivity index (χ1) is 12.5. The Morgan fingerprint density at radius 1 is 1.31 bits per heavy atom. The highest BCUT2D eigenvalue weighted by Gasteiger charge is 2.24. The first kappa shape index (κ1) is 18.5. The van der Waals surface area contributed by atoms with E-state index in [1.165, 1.54) is 0 Å². The van der Waals surface area contributed by atoms with Crippen LogP contribution < -0.4 is 4.72 Å². The van der Waals surface area contributed by atoms with Crippen LogP contribution in [0.5, 0.6) is 0 Å². The molecule has 1 fully saturated rings. The van der Waals surface area contributed by atoms with Gasteiger partial charge in [0.15, 0.2) is 0 Å². The number of carbonyl (C=O) groups excluding carboxylic acids is 1. The summed E-state index contributed by atoms with van der Waals surface area (Å²) in [6.07, 6.45) is 5.29. The van der Waals surface area contributed by atoms with Gasteiger partial charge in [0.25, 0.3) is 0 Å². The lowest BCUT2D eigenvalue weighted by Crippen LogP contribution is -2.40. The average molecular weight is 377 g/mol. The molecule has 1 aromatic carbocycles. The Kier molecular flexibility index (Phi) is 5.67. The third-order valence-electron chi connectivity index (χ3n) is 4.56. The van der Waals surface area contributed by atoms with Crippen molar-refractivity contribution < 1.29 is 13.2 Å². The SMILES string of the molecule is Cc1cccc(S(=O)(=O)NCCC(=O)N2CCC(n3ccnn3)CC2)c1. The molecule has 0 bridgehead atoms. The first-order valence-corrected chi connectivity index (χ1v) is 10.1. The van der Waals surface area contributed by atoms with Crippen LogP contribution in [0.15, 0.2) is 41.6 Å². The minimum atomic E-state index is -3.59. The quantitative estimate of drug-likeness (QED) is 0.814. The minimum Gasteiger partial charge on any atom is -0.343 e. The van der Waals surface area contributed by atoms with Gasteiger partial charge in [0.05, 0.1) is 17.1 Å². The number of likely N-dealkylation sites (tertiary alicyclic amines) is 1. The Balaban J connectivity index is 1.46. The maximum atomic E-state index is 12.3. The van der Waals surface area contributed by atoms with Crippen LogP contribution in [0.1, 0.15) is 30.9 Å². The molecule has 1 aliphatic rings. The number of rotatable bonds is 6. The van der Waals surface area contributed by atoms with Crippen LogP contribution in [0, 0.1) is 6.92 Å². The van der Waals surface area contributed by atoms with E-state index in [0.717, 1.165) is 18.4 Å². The van der Waals surface area contributed by atoms with Gasteiger partial charge in [-0.3, -0.25) is 4.79 Å². The summed E-state index contributed by atoms with van der Waals surface area (Å²) in [4.78, 5) is 14.3. The van der Waals surface area contributed by atoms with E-state index in [4.69, 9.17) is 0 Å². The van der Waals surface area contributed by atoms with Crippen molar-refractivity contribution in [3.05, 3.63) is 42.2 Å². The number of benzene rings is 1. The maximum Gasteiger partial charge on any atom is 0.240 e. The van der Waals surface area contributed by atoms with E-state index < -0.39 is 10.0 Å². The second-order valence-electron chi connectivity index (χ2n) is 6.46. The molecule has 26 heavy (non-hydrogen) atoms. The van der Waals surface area contributed by atoms with Gasteiger partial charge in [0.1, 0.15) is 0 Å². The molecule has 140 valence electrons. The van der Waals surface area contributed by atoms with Crippen LogP contribution in [0.25, 0.3) is 0 Å². The van der Waals surface area contributed by atoms with E-state index in [9.17, 15) is 13.2 Å². The molecule has 1 saturated heterocycles. The Morgan fingerprint density at radius 2 is 2.08 bits per heavy atom. The van der Waals surface area contributed by atoms with E-state index in [2.05, 4.69) is 15.0 Å². The van der Waals surface area contributed by atoms with Gasteiger partial charge in [0, 0.05) is 32.3 Å². The summed E-state index contributed by atoms with van der Waals surface area (Å²) < 4.78 is 28.9. The molecule has 2 aromatic rings. The topological polar surface area (TPSA) is 97.2 Å². The molecule has 1 amide bonds. The van der Waals surface area contributed by atoms with Crippen molar-refractivity contribution >= 4 is 15.9 Å². The van der Waals surface area contributed by atoms with Gasteiger partial charge in [-0.2, -0.15) is 0 Å². The van der Waals surface area contributed by atoms with Gasteiger partial charge in [-0.1, -0.05) is 17.3 Å². The summed E-state index contributed by atoms with van der Waals surface area (Å²) in [5.41, 5.74) is 0.874. The average Bonchev–Trinajstić information content (AvgIpc) is 3.16. The second-order valence-corrected chi connectivity index (χ2v) is 8.23. The summed E-state index contributed by atoms with van der Waals surface area (Å²) in [6.45, 7) is 3.23. The number of hydrogen-bond donors (Lipinski definition) is 1. The Labute approximate surface area is 153 Å². The number of hydrogen-bond acceptors (Lipinski definition) is 5. The summed E-state index contributed by atoms with van der Waals surface area (Å²) in [5, 5.41) is 7.82. The number of piperidine rings is 1. The highest BCUT2D eigenvalue weighted by molar-refractivity contribution is 7.89. The van der Waals surface area contributed by atoms with E-state index in [1.54, 1.807) is 29.3 Å². The zero-order valence-electron chi connectivity index (χ0n) is 14.7. The first-order valence-electron chi connectivity index (χ1n) is 8.65.